The van der Waals surface area contributed by atoms with Crippen molar-refractivity contribution in [3.8, 4) is 0 Å². The van der Waals surface area contributed by atoms with Crippen LogP contribution in [0.25, 0.3) is 0 Å². The Kier molecular flexibility index (Phi) is 9.68. The summed E-state index contributed by atoms with van der Waals surface area (Å²) in [5.41, 5.74) is 9.23. The summed E-state index contributed by atoms with van der Waals surface area (Å²) in [6.45, 7) is 8.55. The van der Waals surface area contributed by atoms with Crippen molar-refractivity contribution < 1.29 is 18.0 Å². The molecule has 3 aromatic rings. The number of benzene rings is 3. The van der Waals surface area contributed by atoms with E-state index in [-0.39, 0.29) is 18.3 Å². The first kappa shape index (κ1) is 30.1. The molecule has 0 spiro atoms. The van der Waals surface area contributed by atoms with Crippen molar-refractivity contribution in [2.24, 2.45) is 11.7 Å². The number of carbonyl (C=O) groups is 1. The van der Waals surface area contributed by atoms with Crippen LogP contribution in [0.3, 0.4) is 0 Å². The number of rotatable bonds is 12. The Hall–Kier alpha value is -3.88. The number of halogens is 3. The van der Waals surface area contributed by atoms with Gasteiger partial charge in [0.05, 0.1) is 11.6 Å². The van der Waals surface area contributed by atoms with E-state index in [4.69, 9.17) is 5.73 Å². The predicted molar refractivity (Wildman–Crippen MR) is 159 cm³/mol. The highest BCUT2D eigenvalue weighted by Crippen LogP contribution is 2.32. The van der Waals surface area contributed by atoms with Gasteiger partial charge in [0.2, 0.25) is 0 Å². The van der Waals surface area contributed by atoms with Gasteiger partial charge in [0.1, 0.15) is 5.70 Å². The minimum atomic E-state index is -4.68. The van der Waals surface area contributed by atoms with Crippen molar-refractivity contribution in [3.05, 3.63) is 119 Å². The van der Waals surface area contributed by atoms with Gasteiger partial charge in [0.25, 0.3) is 5.91 Å². The van der Waals surface area contributed by atoms with E-state index in [2.05, 4.69) is 60.6 Å². The second-order valence-electron chi connectivity index (χ2n) is 10.8. The molecule has 5 N–H and O–H groups in total. The zero-order chi connectivity index (χ0) is 29.6. The average molecular weight is 563 g/mol. The molecule has 0 aromatic heterocycles. The molecular formula is C33H37F3N4O. The lowest BCUT2D eigenvalue weighted by Gasteiger charge is -2.22. The monoisotopic (exact) mass is 562 g/mol. The first-order chi connectivity index (χ1) is 19.5. The third kappa shape index (κ3) is 8.55. The third-order valence-corrected chi connectivity index (χ3v) is 7.07. The second-order valence-corrected chi connectivity index (χ2v) is 10.8. The van der Waals surface area contributed by atoms with Crippen LogP contribution in [-0.2, 0) is 11.3 Å². The maximum atomic E-state index is 13.3. The van der Waals surface area contributed by atoms with E-state index in [1.165, 1.54) is 18.4 Å². The Morgan fingerprint density at radius 1 is 0.951 bits per heavy atom. The number of nitrogens with two attached hydrogens (primary N) is 1. The fourth-order valence-electron chi connectivity index (χ4n) is 4.47. The molecule has 0 radical (unpaired) electrons. The maximum absolute atomic E-state index is 13.3. The van der Waals surface area contributed by atoms with Gasteiger partial charge < -0.3 is 21.7 Å². The van der Waals surface area contributed by atoms with Crippen LogP contribution >= 0.6 is 0 Å². The van der Waals surface area contributed by atoms with Gasteiger partial charge in [-0.1, -0.05) is 69.0 Å². The number of carbonyl (C=O) groups excluding carboxylic acids is 1. The number of nitrogens with one attached hydrogen (secondary N) is 3. The van der Waals surface area contributed by atoms with Gasteiger partial charge in [0, 0.05) is 17.9 Å². The Balaban J connectivity index is 1.61. The zero-order valence-corrected chi connectivity index (χ0v) is 23.4. The molecule has 216 valence electrons. The van der Waals surface area contributed by atoms with Crippen LogP contribution in [0.5, 0.6) is 0 Å². The highest BCUT2D eigenvalue weighted by atomic mass is 19.4. The number of alkyl halides is 3. The molecule has 5 nitrogen and oxygen atoms in total. The van der Waals surface area contributed by atoms with Crippen molar-refractivity contribution in [1.29, 1.82) is 0 Å². The van der Waals surface area contributed by atoms with Crippen LogP contribution in [0.15, 0.2) is 96.7 Å². The van der Waals surface area contributed by atoms with Gasteiger partial charge in [-0.05, 0) is 83.8 Å². The number of allylic oxidation sites excluding steroid dienone is 2. The number of hydrogen-bond donors (Lipinski definition) is 4. The predicted octanol–water partition coefficient (Wildman–Crippen LogP) is 7.41. The molecule has 0 heterocycles. The van der Waals surface area contributed by atoms with Crippen LogP contribution in [-0.4, -0.2) is 18.6 Å². The van der Waals surface area contributed by atoms with Gasteiger partial charge in [-0.2, -0.15) is 13.2 Å². The van der Waals surface area contributed by atoms with Crippen molar-refractivity contribution in [2.75, 3.05) is 17.2 Å². The molecule has 1 fully saturated rings. The minimum Gasteiger partial charge on any atom is -0.351 e. The van der Waals surface area contributed by atoms with E-state index in [1.54, 1.807) is 30.3 Å². The van der Waals surface area contributed by atoms with E-state index in [0.717, 1.165) is 23.2 Å². The normalized spacial score (nSPS) is 14.6. The average Bonchev–Trinajstić information content (AvgIpc) is 3.77. The summed E-state index contributed by atoms with van der Waals surface area (Å²) in [6.07, 6.45) is -1.55. The molecule has 0 bridgehead atoms. The summed E-state index contributed by atoms with van der Waals surface area (Å²) in [5.74, 6) is 0.307. The summed E-state index contributed by atoms with van der Waals surface area (Å²) < 4.78 is 40.0. The first-order valence-corrected chi connectivity index (χ1v) is 13.8. The smallest absolute Gasteiger partial charge is 0.351 e. The first-order valence-electron chi connectivity index (χ1n) is 13.8. The summed E-state index contributed by atoms with van der Waals surface area (Å²) in [6, 6.07) is 22.6. The van der Waals surface area contributed by atoms with Crippen LogP contribution in [0.1, 0.15) is 60.9 Å². The molecule has 1 unspecified atom stereocenters. The van der Waals surface area contributed by atoms with E-state index < -0.39 is 17.7 Å². The lowest BCUT2D eigenvalue weighted by atomic mass is 9.93. The molecule has 41 heavy (non-hydrogen) atoms. The Labute approximate surface area is 239 Å². The topological polar surface area (TPSA) is 79.2 Å². The SMILES string of the molecule is C=C(/C=C(\Nc1cccc(CN)c1)C(=O)Nc1cccc(C(NCC2CC2)c2cccc(C(C)C)c2)c1)C(F)(F)F. The summed E-state index contributed by atoms with van der Waals surface area (Å²) in [7, 11) is 0. The van der Waals surface area contributed by atoms with Crippen molar-refractivity contribution >= 4 is 17.3 Å². The molecule has 1 aliphatic rings. The van der Waals surface area contributed by atoms with E-state index >= 15 is 0 Å². The summed E-state index contributed by atoms with van der Waals surface area (Å²) >= 11 is 0. The quantitative estimate of drug-likeness (QED) is 0.137. The standard InChI is InChI=1S/C33H37F3N4O/c1-21(2)25-8-5-9-26(17-25)31(38-20-23-13-14-23)27-10-6-12-29(18-27)40-32(41)30(15-22(3)33(34,35)36)39-28-11-4-7-24(16-28)19-37/h4-12,15-18,21,23,31,38-39H,3,13-14,19-20,37H2,1-2H3,(H,40,41)/b30-15-. The van der Waals surface area contributed by atoms with Gasteiger partial charge in [-0.15, -0.1) is 0 Å². The van der Waals surface area contributed by atoms with Crippen molar-refractivity contribution in [3.63, 3.8) is 0 Å². The third-order valence-electron chi connectivity index (χ3n) is 7.07. The van der Waals surface area contributed by atoms with Crippen molar-refractivity contribution in [2.45, 2.75) is 51.4 Å². The largest absolute Gasteiger partial charge is 0.415 e. The maximum Gasteiger partial charge on any atom is 0.415 e. The lowest BCUT2D eigenvalue weighted by Crippen LogP contribution is -2.25. The lowest BCUT2D eigenvalue weighted by molar-refractivity contribution is -0.112. The summed E-state index contributed by atoms with van der Waals surface area (Å²) in [5, 5.41) is 9.27. The Bertz CT molecular complexity index is 1410. The van der Waals surface area contributed by atoms with Crippen LogP contribution in [0.2, 0.25) is 0 Å². The number of amides is 1. The van der Waals surface area contributed by atoms with Gasteiger partial charge >= 0.3 is 6.18 Å². The molecule has 1 aliphatic carbocycles. The van der Waals surface area contributed by atoms with Crippen LogP contribution in [0, 0.1) is 5.92 Å². The Morgan fingerprint density at radius 2 is 1.56 bits per heavy atom. The molecule has 0 saturated heterocycles. The Morgan fingerprint density at radius 3 is 2.20 bits per heavy atom. The molecular weight excluding hydrogens is 525 g/mol. The number of hydrogen-bond acceptors (Lipinski definition) is 4. The molecule has 0 aliphatic heterocycles. The molecule has 1 atom stereocenters. The van der Waals surface area contributed by atoms with Crippen LogP contribution < -0.4 is 21.7 Å². The van der Waals surface area contributed by atoms with E-state index in [9.17, 15) is 18.0 Å². The zero-order valence-electron chi connectivity index (χ0n) is 23.4. The second kappa shape index (κ2) is 13.2. The summed E-state index contributed by atoms with van der Waals surface area (Å²) in [4.78, 5) is 13.3. The molecule has 3 aromatic carbocycles. The molecule has 8 heteroatoms. The van der Waals surface area contributed by atoms with Gasteiger partial charge in [0.15, 0.2) is 0 Å². The highest BCUT2D eigenvalue weighted by molar-refractivity contribution is 6.06. The molecule has 1 amide bonds. The highest BCUT2D eigenvalue weighted by Gasteiger charge is 2.31. The van der Waals surface area contributed by atoms with Crippen molar-refractivity contribution in [1.82, 2.24) is 5.32 Å². The van der Waals surface area contributed by atoms with Gasteiger partial charge in [-0.3, -0.25) is 4.79 Å². The fourth-order valence-corrected chi connectivity index (χ4v) is 4.47. The van der Waals surface area contributed by atoms with E-state index in [1.807, 2.05) is 18.2 Å². The minimum absolute atomic E-state index is 0.108. The van der Waals surface area contributed by atoms with Crippen LogP contribution in [0.4, 0.5) is 24.5 Å². The molecule has 1 saturated carbocycles. The number of anilines is 2. The molecule has 4 rings (SSSR count). The fraction of sp³-hybridized carbons (Fsp3) is 0.303. The van der Waals surface area contributed by atoms with E-state index in [0.29, 0.717) is 29.3 Å². The van der Waals surface area contributed by atoms with Gasteiger partial charge in [-0.25, -0.2) is 0 Å².